The predicted molar refractivity (Wildman–Crippen MR) is 190 cm³/mol. The third-order valence-electron chi connectivity index (χ3n) is 11.1. The Morgan fingerprint density at radius 3 is 2.22 bits per heavy atom. The van der Waals surface area contributed by atoms with Gasteiger partial charge in [0.15, 0.2) is 0 Å². The summed E-state index contributed by atoms with van der Waals surface area (Å²) in [5.41, 5.74) is 0.745. The Kier molecular flexibility index (Phi) is 7.90. The number of carbonyl (C=O) groups excluding carboxylic acids is 4. The molecule has 8 rings (SSSR count). The van der Waals surface area contributed by atoms with E-state index in [4.69, 9.17) is 16.3 Å². The fourth-order valence-corrected chi connectivity index (χ4v) is 9.25. The number of nitrogens with zero attached hydrogens (tertiary/aromatic N) is 2. The number of halogens is 1. The second-order valence-electron chi connectivity index (χ2n) is 13.5. The van der Waals surface area contributed by atoms with Crippen molar-refractivity contribution in [3.05, 3.63) is 125 Å². The average molecular weight is 703 g/mol. The van der Waals surface area contributed by atoms with Crippen LogP contribution in [0.1, 0.15) is 29.9 Å². The summed E-state index contributed by atoms with van der Waals surface area (Å²) >= 11 is 6.37. The van der Waals surface area contributed by atoms with Crippen molar-refractivity contribution in [1.29, 1.82) is 0 Å². The van der Waals surface area contributed by atoms with Gasteiger partial charge in [-0.3, -0.25) is 24.1 Å². The number of amides is 4. The highest BCUT2D eigenvalue weighted by atomic mass is 35.5. The molecule has 2 aliphatic heterocycles. The van der Waals surface area contributed by atoms with Crippen molar-refractivity contribution in [2.24, 2.45) is 23.7 Å². The minimum atomic E-state index is -1.80. The SMILES string of the molecule is COc1ccc([C@H]2C3=CC[C@@H]4C(=O)N(c5cccc(B(O)O)c5)C(=O)[C@@H]4[C@@H]3C[C@H]3C(=O)N(c4cccc(Cl)c4)C(=O)[C@@]23c2ccccc2)c(O)c1. The second-order valence-corrected chi connectivity index (χ2v) is 13.9. The zero-order chi connectivity index (χ0) is 35.8. The van der Waals surface area contributed by atoms with Crippen molar-refractivity contribution in [3.63, 3.8) is 0 Å². The summed E-state index contributed by atoms with van der Waals surface area (Å²) in [5.74, 6) is -5.80. The van der Waals surface area contributed by atoms with Crippen LogP contribution in [0.15, 0.2) is 109 Å². The molecule has 256 valence electrons. The molecule has 4 aliphatic rings. The number of methoxy groups -OCH3 is 1. The maximum atomic E-state index is 15.3. The van der Waals surface area contributed by atoms with E-state index in [0.29, 0.717) is 33.2 Å². The van der Waals surface area contributed by atoms with Crippen LogP contribution in [-0.4, -0.2) is 53.0 Å². The monoisotopic (exact) mass is 702 g/mol. The van der Waals surface area contributed by atoms with E-state index in [1.165, 1.54) is 30.2 Å². The second kappa shape index (κ2) is 12.2. The molecule has 0 radical (unpaired) electrons. The highest BCUT2D eigenvalue weighted by Crippen LogP contribution is 2.65. The first-order chi connectivity index (χ1) is 24.6. The quantitative estimate of drug-likeness (QED) is 0.155. The summed E-state index contributed by atoms with van der Waals surface area (Å²) in [6.07, 6.45) is 2.17. The largest absolute Gasteiger partial charge is 0.508 e. The standard InChI is InChI=1S/C39H32BClN2O8/c1-51-26-13-14-28(32(44)19-26)34-27-15-16-29-33(37(47)42(35(29)45)24-11-5-9-22(17-24)40(49)50)30(27)20-31-36(46)43(25-12-6-10-23(41)18-25)38(48)39(31,34)21-7-3-2-4-8-21/h2-15,17-19,29-31,33-34,44,49-50H,16,20H2,1H3/t29-,30+,31-,33-,34+,39+/m0/s1. The molecular weight excluding hydrogens is 671 g/mol. The average Bonchev–Trinajstić information content (AvgIpc) is 3.52. The zero-order valence-corrected chi connectivity index (χ0v) is 28.1. The molecule has 51 heavy (non-hydrogen) atoms. The molecule has 1 saturated carbocycles. The van der Waals surface area contributed by atoms with E-state index in [2.05, 4.69) is 0 Å². The highest BCUT2D eigenvalue weighted by Gasteiger charge is 2.70. The number of aromatic hydroxyl groups is 1. The van der Waals surface area contributed by atoms with Gasteiger partial charge < -0.3 is 19.9 Å². The van der Waals surface area contributed by atoms with Crippen LogP contribution in [0.3, 0.4) is 0 Å². The Balaban J connectivity index is 1.34. The van der Waals surface area contributed by atoms with Crippen LogP contribution in [0.2, 0.25) is 5.02 Å². The summed E-state index contributed by atoms with van der Waals surface area (Å²) in [7, 11) is -0.326. The third-order valence-corrected chi connectivity index (χ3v) is 11.4. The number of ether oxygens (including phenoxy) is 1. The topological polar surface area (TPSA) is 145 Å². The predicted octanol–water partition coefficient (Wildman–Crippen LogP) is 4.10. The van der Waals surface area contributed by atoms with Crippen molar-refractivity contribution in [2.75, 3.05) is 16.9 Å². The van der Waals surface area contributed by atoms with Crippen LogP contribution >= 0.6 is 11.6 Å². The van der Waals surface area contributed by atoms with E-state index in [9.17, 15) is 29.5 Å². The first kappa shape index (κ1) is 32.9. The lowest BCUT2D eigenvalue weighted by Gasteiger charge is -2.50. The minimum absolute atomic E-state index is 0.0825. The highest BCUT2D eigenvalue weighted by molar-refractivity contribution is 6.58. The lowest BCUT2D eigenvalue weighted by molar-refractivity contribution is -0.127. The van der Waals surface area contributed by atoms with Crippen molar-refractivity contribution in [3.8, 4) is 11.5 Å². The smallest absolute Gasteiger partial charge is 0.488 e. The summed E-state index contributed by atoms with van der Waals surface area (Å²) in [6.45, 7) is 0. The molecule has 2 aliphatic carbocycles. The molecule has 4 aromatic carbocycles. The number of rotatable bonds is 6. The van der Waals surface area contributed by atoms with Gasteiger partial charge in [0.1, 0.15) is 11.5 Å². The first-order valence-electron chi connectivity index (χ1n) is 16.7. The van der Waals surface area contributed by atoms with Crippen LogP contribution in [0.25, 0.3) is 0 Å². The minimum Gasteiger partial charge on any atom is -0.508 e. The number of allylic oxidation sites excluding steroid dienone is 2. The first-order valence-corrected chi connectivity index (χ1v) is 17.1. The molecule has 3 fully saturated rings. The van der Waals surface area contributed by atoms with E-state index in [-0.39, 0.29) is 29.7 Å². The number of imide groups is 2. The molecule has 0 aromatic heterocycles. The number of anilines is 2. The van der Waals surface area contributed by atoms with Gasteiger partial charge in [-0.2, -0.15) is 0 Å². The molecule has 3 N–H and O–H groups in total. The Labute approximate surface area is 298 Å². The maximum absolute atomic E-state index is 15.3. The van der Waals surface area contributed by atoms with Crippen LogP contribution in [0.5, 0.6) is 11.5 Å². The fraction of sp³-hybridized carbons (Fsp3) is 0.231. The molecular formula is C39H32BClN2O8. The molecule has 10 nitrogen and oxygen atoms in total. The Hall–Kier alpha value is -5.23. The van der Waals surface area contributed by atoms with Crippen molar-refractivity contribution < 1.29 is 39.1 Å². The molecule has 0 spiro atoms. The molecule has 6 atom stereocenters. The van der Waals surface area contributed by atoms with Crippen LogP contribution in [0.4, 0.5) is 11.4 Å². The molecule has 4 amide bonds. The Morgan fingerprint density at radius 1 is 0.804 bits per heavy atom. The summed E-state index contributed by atoms with van der Waals surface area (Å²) in [6, 6.07) is 26.4. The fourth-order valence-electron chi connectivity index (χ4n) is 9.06. The van der Waals surface area contributed by atoms with Gasteiger partial charge in [-0.15, -0.1) is 0 Å². The molecule has 0 bridgehead atoms. The lowest BCUT2D eigenvalue weighted by Crippen LogP contribution is -2.53. The molecule has 12 heteroatoms. The van der Waals surface area contributed by atoms with Crippen LogP contribution in [0, 0.1) is 23.7 Å². The Morgan fingerprint density at radius 2 is 1.53 bits per heavy atom. The lowest BCUT2D eigenvalue weighted by atomic mass is 9.49. The number of hydrogen-bond donors (Lipinski definition) is 3. The van der Waals surface area contributed by atoms with E-state index in [1.54, 1.807) is 60.7 Å². The van der Waals surface area contributed by atoms with Gasteiger partial charge in [-0.1, -0.05) is 77.8 Å². The van der Waals surface area contributed by atoms with E-state index in [0.717, 1.165) is 4.90 Å². The summed E-state index contributed by atoms with van der Waals surface area (Å²) < 4.78 is 5.39. The number of carbonyl (C=O) groups is 4. The normalized spacial score (nSPS) is 26.8. The number of benzene rings is 4. The maximum Gasteiger partial charge on any atom is 0.488 e. The molecule has 0 unspecified atom stereocenters. The van der Waals surface area contributed by atoms with Crippen LogP contribution < -0.4 is 20.0 Å². The number of phenolic OH excluding ortho intramolecular Hbond substituents is 1. The van der Waals surface area contributed by atoms with Gasteiger partial charge >= 0.3 is 7.12 Å². The summed E-state index contributed by atoms with van der Waals surface area (Å²) in [5, 5.41) is 31.6. The van der Waals surface area contributed by atoms with Gasteiger partial charge in [0.2, 0.25) is 23.6 Å². The molecule has 2 heterocycles. The van der Waals surface area contributed by atoms with Gasteiger partial charge in [0.05, 0.1) is 41.7 Å². The summed E-state index contributed by atoms with van der Waals surface area (Å²) in [4.78, 5) is 61.0. The molecule has 4 aromatic rings. The van der Waals surface area contributed by atoms with Gasteiger partial charge in [-0.25, -0.2) is 4.90 Å². The third kappa shape index (κ3) is 4.79. The van der Waals surface area contributed by atoms with Crippen molar-refractivity contribution in [1.82, 2.24) is 0 Å². The van der Waals surface area contributed by atoms with Crippen molar-refractivity contribution >= 4 is 59.2 Å². The number of phenols is 1. The van der Waals surface area contributed by atoms with Crippen LogP contribution in [-0.2, 0) is 24.6 Å². The van der Waals surface area contributed by atoms with E-state index in [1.807, 2.05) is 24.3 Å². The Bertz CT molecular complexity index is 2160. The zero-order valence-electron chi connectivity index (χ0n) is 27.3. The number of fused-ring (bicyclic) bond motifs is 4. The van der Waals surface area contributed by atoms with Gasteiger partial charge in [0.25, 0.3) is 0 Å². The van der Waals surface area contributed by atoms with Crippen molar-refractivity contribution in [2.45, 2.75) is 24.2 Å². The van der Waals surface area contributed by atoms with Gasteiger partial charge in [0, 0.05) is 22.6 Å². The van der Waals surface area contributed by atoms with E-state index < -0.39 is 65.8 Å². The number of hydrogen-bond acceptors (Lipinski definition) is 8. The molecule has 2 saturated heterocycles. The van der Waals surface area contributed by atoms with Gasteiger partial charge in [-0.05, 0) is 66.2 Å². The van der Waals surface area contributed by atoms with E-state index >= 15 is 4.79 Å².